The van der Waals surface area contributed by atoms with Crippen LogP contribution in [0.3, 0.4) is 0 Å². The number of hydrogen-bond donors (Lipinski definition) is 1. The van der Waals surface area contributed by atoms with Crippen molar-refractivity contribution in [1.82, 2.24) is 15.0 Å². The molecule has 1 atom stereocenters. The summed E-state index contributed by atoms with van der Waals surface area (Å²) in [4.78, 5) is 10.6. The Bertz CT molecular complexity index is 373. The lowest BCUT2D eigenvalue weighted by Crippen LogP contribution is -2.31. The van der Waals surface area contributed by atoms with E-state index in [1.807, 2.05) is 0 Å². The molecule has 1 aromatic heterocycles. The number of hydrogen-bond acceptors (Lipinski definition) is 5. The molecule has 0 aliphatic heterocycles. The molecule has 1 aromatic rings. The molecule has 1 N–H and O–H groups in total. The van der Waals surface area contributed by atoms with Crippen molar-refractivity contribution in [3.8, 4) is 6.01 Å². The maximum Gasteiger partial charge on any atom is 0.425 e. The molecule has 1 unspecified atom stereocenters. The van der Waals surface area contributed by atoms with Gasteiger partial charge in [-0.05, 0) is 18.5 Å². The van der Waals surface area contributed by atoms with Gasteiger partial charge in [0.1, 0.15) is 0 Å². The summed E-state index contributed by atoms with van der Waals surface area (Å²) in [6, 6.07) is -0.478. The smallest absolute Gasteiger partial charge is 0.425 e. The van der Waals surface area contributed by atoms with Crippen molar-refractivity contribution < 1.29 is 17.9 Å². The highest BCUT2D eigenvalue weighted by Crippen LogP contribution is 2.23. The van der Waals surface area contributed by atoms with Gasteiger partial charge in [0.25, 0.3) is 0 Å². The summed E-state index contributed by atoms with van der Waals surface area (Å²) in [7, 11) is 1.49. The molecule has 0 aromatic carbocycles. The van der Waals surface area contributed by atoms with Crippen molar-refractivity contribution in [2.75, 3.05) is 12.4 Å². The molecule has 16 heavy (non-hydrogen) atoms. The lowest BCUT2D eigenvalue weighted by molar-refractivity contribution is -0.190. The molecule has 0 aliphatic carbocycles. The number of ether oxygens (including phenoxy) is 1. The van der Waals surface area contributed by atoms with Crippen molar-refractivity contribution in [2.45, 2.75) is 19.2 Å². The molecule has 0 radical (unpaired) electrons. The van der Waals surface area contributed by atoms with Crippen LogP contribution in [0.1, 0.15) is 6.92 Å². The van der Waals surface area contributed by atoms with Crippen molar-refractivity contribution in [1.29, 1.82) is 0 Å². The summed E-state index contributed by atoms with van der Waals surface area (Å²) >= 11 is 5.46. The van der Waals surface area contributed by atoms with Crippen LogP contribution < -0.4 is 10.1 Å². The number of alkyl halides is 3. The monoisotopic (exact) mass is 256 g/mol. The van der Waals surface area contributed by atoms with Gasteiger partial charge in [-0.25, -0.2) is 0 Å². The number of aromatic nitrogens is 3. The van der Waals surface area contributed by atoms with E-state index in [1.54, 1.807) is 0 Å². The first kappa shape index (κ1) is 12.8. The average molecular weight is 257 g/mol. The van der Waals surface area contributed by atoms with Crippen LogP contribution >= 0.6 is 11.6 Å². The highest BCUT2D eigenvalue weighted by molar-refractivity contribution is 6.28. The van der Waals surface area contributed by atoms with E-state index >= 15 is 0 Å². The zero-order chi connectivity index (χ0) is 12.3. The van der Waals surface area contributed by atoms with Crippen LogP contribution in [-0.4, -0.2) is 34.3 Å². The Hall–Kier alpha value is -1.31. The third-order valence-corrected chi connectivity index (χ3v) is 1.72. The number of rotatable bonds is 3. The topological polar surface area (TPSA) is 59.9 Å². The number of anilines is 1. The summed E-state index contributed by atoms with van der Waals surface area (Å²) in [5.41, 5.74) is 0. The van der Waals surface area contributed by atoms with Gasteiger partial charge >= 0.3 is 12.2 Å². The molecular weight excluding hydrogens is 249 g/mol. The summed E-state index contributed by atoms with van der Waals surface area (Å²) in [6.45, 7) is 0.844. The molecule has 5 nitrogen and oxygen atoms in total. The normalized spacial score (nSPS) is 13.4. The summed E-state index contributed by atoms with van der Waals surface area (Å²) in [6.07, 6.45) is -6.51. The van der Waals surface area contributed by atoms with E-state index < -0.39 is 18.3 Å². The molecule has 90 valence electrons. The molecule has 0 fully saturated rings. The van der Waals surface area contributed by atoms with Crippen molar-refractivity contribution in [3.63, 3.8) is 0 Å². The van der Waals surface area contributed by atoms with Gasteiger partial charge in [-0.1, -0.05) is 0 Å². The molecule has 1 heterocycles. The third-order valence-electron chi connectivity index (χ3n) is 1.55. The number of nitrogens with one attached hydrogen (secondary N) is 1. The van der Waals surface area contributed by atoms with E-state index in [-0.39, 0.29) is 11.2 Å². The first-order valence-corrected chi connectivity index (χ1v) is 4.53. The summed E-state index contributed by atoms with van der Waals surface area (Å²) < 4.78 is 41.0. The minimum absolute atomic E-state index is 0.0318. The van der Waals surface area contributed by atoms with E-state index in [9.17, 15) is 13.2 Å². The SMILES string of the molecule is CNc1nc(Cl)nc(OC(C)C(F)(F)F)n1. The van der Waals surface area contributed by atoms with Gasteiger partial charge in [-0.3, -0.25) is 0 Å². The molecule has 0 spiro atoms. The molecule has 1 rings (SSSR count). The molecule has 0 bridgehead atoms. The predicted molar refractivity (Wildman–Crippen MR) is 50.5 cm³/mol. The lowest BCUT2D eigenvalue weighted by atomic mass is 10.4. The predicted octanol–water partition coefficient (Wildman–Crippen LogP) is 1.90. The van der Waals surface area contributed by atoms with Crippen molar-refractivity contribution in [3.05, 3.63) is 5.28 Å². The molecule has 9 heteroatoms. The Labute approximate surface area is 94.0 Å². The fourth-order valence-electron chi connectivity index (χ4n) is 0.721. The summed E-state index contributed by atoms with van der Waals surface area (Å²) in [5.74, 6) is 0.0318. The second-order valence-electron chi connectivity index (χ2n) is 2.76. The van der Waals surface area contributed by atoms with Crippen LogP contribution in [0.5, 0.6) is 6.01 Å². The van der Waals surface area contributed by atoms with Gasteiger partial charge in [0.15, 0.2) is 6.10 Å². The Morgan fingerprint density at radius 3 is 2.44 bits per heavy atom. The van der Waals surface area contributed by atoms with Gasteiger partial charge in [-0.15, -0.1) is 0 Å². The maximum atomic E-state index is 12.2. The van der Waals surface area contributed by atoms with Crippen LogP contribution in [-0.2, 0) is 0 Å². The molecule has 0 aliphatic rings. The molecule has 0 saturated heterocycles. The Morgan fingerprint density at radius 1 is 1.31 bits per heavy atom. The van der Waals surface area contributed by atoms with Crippen molar-refractivity contribution >= 4 is 17.5 Å². The number of halogens is 4. The Kier molecular flexibility index (Phi) is 3.74. The number of nitrogens with zero attached hydrogens (tertiary/aromatic N) is 3. The van der Waals surface area contributed by atoms with Crippen LogP contribution in [0, 0.1) is 0 Å². The molecule has 0 amide bonds. The van der Waals surface area contributed by atoms with Gasteiger partial charge in [0.05, 0.1) is 0 Å². The zero-order valence-corrected chi connectivity index (χ0v) is 9.10. The second kappa shape index (κ2) is 4.69. The van der Waals surface area contributed by atoms with Gasteiger partial charge in [-0.2, -0.15) is 28.1 Å². The fourth-order valence-corrected chi connectivity index (χ4v) is 0.874. The van der Waals surface area contributed by atoms with E-state index in [0.717, 1.165) is 6.92 Å². The van der Waals surface area contributed by atoms with Crippen LogP contribution in [0.25, 0.3) is 0 Å². The lowest BCUT2D eigenvalue weighted by Gasteiger charge is -2.16. The summed E-state index contributed by atoms with van der Waals surface area (Å²) in [5, 5.41) is 2.27. The first-order valence-electron chi connectivity index (χ1n) is 4.15. The van der Waals surface area contributed by atoms with Gasteiger partial charge in [0.2, 0.25) is 11.2 Å². The van der Waals surface area contributed by atoms with Crippen LogP contribution in [0.15, 0.2) is 0 Å². The largest absolute Gasteiger partial charge is 0.451 e. The Balaban J connectivity index is 2.85. The van der Waals surface area contributed by atoms with Crippen LogP contribution in [0.2, 0.25) is 5.28 Å². The molecule has 0 saturated carbocycles. The Morgan fingerprint density at radius 2 is 1.94 bits per heavy atom. The van der Waals surface area contributed by atoms with E-state index in [1.165, 1.54) is 7.05 Å². The molecular formula is C7H8ClF3N4O. The van der Waals surface area contributed by atoms with E-state index in [2.05, 4.69) is 25.0 Å². The standard InChI is InChI=1S/C7H8ClF3N4O/c1-3(7(9,10)11)16-6-14-4(8)13-5(12-2)15-6/h3H,1-2H3,(H,12,13,14,15). The van der Waals surface area contributed by atoms with Gasteiger partial charge in [0, 0.05) is 7.05 Å². The minimum Gasteiger partial charge on any atom is -0.451 e. The minimum atomic E-state index is -4.49. The second-order valence-corrected chi connectivity index (χ2v) is 3.10. The fraction of sp³-hybridized carbons (Fsp3) is 0.571. The maximum absolute atomic E-state index is 12.2. The van der Waals surface area contributed by atoms with E-state index in [4.69, 9.17) is 11.6 Å². The third kappa shape index (κ3) is 3.37. The van der Waals surface area contributed by atoms with E-state index in [0.29, 0.717) is 0 Å². The average Bonchev–Trinajstić information content (AvgIpc) is 2.15. The quantitative estimate of drug-likeness (QED) is 0.895. The highest BCUT2D eigenvalue weighted by Gasteiger charge is 2.38. The first-order chi connectivity index (χ1) is 7.32. The van der Waals surface area contributed by atoms with Crippen LogP contribution in [0.4, 0.5) is 19.1 Å². The highest BCUT2D eigenvalue weighted by atomic mass is 35.5. The van der Waals surface area contributed by atoms with Gasteiger partial charge < -0.3 is 10.1 Å². The zero-order valence-electron chi connectivity index (χ0n) is 8.34. The van der Waals surface area contributed by atoms with Crippen molar-refractivity contribution in [2.24, 2.45) is 0 Å².